The second kappa shape index (κ2) is 5.40. The molecule has 104 valence electrons. The molecular formula is C17H16N4. The van der Waals surface area contributed by atoms with Gasteiger partial charge in [-0.1, -0.05) is 12.1 Å². The Morgan fingerprint density at radius 1 is 0.524 bits per heavy atom. The summed E-state index contributed by atoms with van der Waals surface area (Å²) >= 11 is 0. The summed E-state index contributed by atoms with van der Waals surface area (Å²) in [5.41, 5.74) is 5.41. The molecule has 0 aliphatic heterocycles. The number of aryl methyl sites for hydroxylation is 3. The lowest BCUT2D eigenvalue weighted by molar-refractivity contribution is 1.05. The van der Waals surface area contributed by atoms with E-state index in [2.05, 4.69) is 45.1 Å². The highest BCUT2D eigenvalue weighted by Gasteiger charge is 2.05. The topological polar surface area (TPSA) is 51.6 Å². The predicted octanol–water partition coefficient (Wildman–Crippen LogP) is 3.53. The molecule has 0 unspecified atom stereocenters. The molecule has 0 amide bonds. The Balaban J connectivity index is 2.07. The second-order valence-corrected chi connectivity index (χ2v) is 5.13. The molecule has 4 heteroatoms. The van der Waals surface area contributed by atoms with E-state index in [9.17, 15) is 0 Å². The Labute approximate surface area is 124 Å². The van der Waals surface area contributed by atoms with Crippen molar-refractivity contribution >= 4 is 0 Å². The molecule has 0 saturated carbocycles. The highest BCUT2D eigenvalue weighted by atomic mass is 14.8. The largest absolute Gasteiger partial charge is 0.241 e. The maximum Gasteiger partial charge on any atom is 0.125 e. The summed E-state index contributed by atoms with van der Waals surface area (Å²) < 4.78 is 0. The van der Waals surface area contributed by atoms with Gasteiger partial charge in [0.15, 0.2) is 0 Å². The molecule has 0 aliphatic carbocycles. The maximum atomic E-state index is 4.26. The number of benzene rings is 1. The molecule has 0 bridgehead atoms. The fourth-order valence-corrected chi connectivity index (χ4v) is 2.20. The van der Waals surface area contributed by atoms with Crippen molar-refractivity contribution < 1.29 is 0 Å². The summed E-state index contributed by atoms with van der Waals surface area (Å²) in [6.45, 7) is 5.85. The van der Waals surface area contributed by atoms with Crippen LogP contribution in [0.1, 0.15) is 17.2 Å². The highest BCUT2D eigenvalue weighted by molar-refractivity contribution is 5.72. The van der Waals surface area contributed by atoms with E-state index in [-0.39, 0.29) is 0 Å². The molecule has 3 rings (SSSR count). The van der Waals surface area contributed by atoms with E-state index in [4.69, 9.17) is 0 Å². The average Bonchev–Trinajstić information content (AvgIpc) is 2.48. The Morgan fingerprint density at radius 3 is 1.29 bits per heavy atom. The first-order chi connectivity index (χ1) is 10.1. The molecule has 0 spiro atoms. The third-order valence-electron chi connectivity index (χ3n) is 3.31. The van der Waals surface area contributed by atoms with Gasteiger partial charge >= 0.3 is 0 Å². The Morgan fingerprint density at radius 2 is 0.905 bits per heavy atom. The third kappa shape index (κ3) is 2.94. The van der Waals surface area contributed by atoms with Crippen LogP contribution in [0.5, 0.6) is 0 Å². The van der Waals surface area contributed by atoms with Gasteiger partial charge in [0.05, 0.1) is 0 Å². The zero-order valence-electron chi connectivity index (χ0n) is 12.3. The van der Waals surface area contributed by atoms with E-state index < -0.39 is 0 Å². The van der Waals surface area contributed by atoms with Gasteiger partial charge in [0, 0.05) is 35.9 Å². The fraction of sp³-hybridized carbons (Fsp3) is 0.176. The molecule has 2 aromatic heterocycles. The van der Waals surface area contributed by atoms with Crippen LogP contribution < -0.4 is 0 Å². The third-order valence-corrected chi connectivity index (χ3v) is 3.31. The van der Waals surface area contributed by atoms with Crippen LogP contribution in [0.15, 0.2) is 43.0 Å². The van der Waals surface area contributed by atoms with Crippen molar-refractivity contribution in [3.05, 3.63) is 60.2 Å². The van der Waals surface area contributed by atoms with E-state index in [1.54, 1.807) is 0 Å². The normalized spacial score (nSPS) is 10.6. The van der Waals surface area contributed by atoms with Gasteiger partial charge in [-0.2, -0.15) is 0 Å². The van der Waals surface area contributed by atoms with Crippen molar-refractivity contribution in [1.29, 1.82) is 0 Å². The van der Waals surface area contributed by atoms with Crippen LogP contribution in [0, 0.1) is 20.8 Å². The lowest BCUT2D eigenvalue weighted by atomic mass is 9.99. The van der Waals surface area contributed by atoms with Crippen LogP contribution in [0.4, 0.5) is 0 Å². The van der Waals surface area contributed by atoms with Crippen LogP contribution in [0.3, 0.4) is 0 Å². The van der Waals surface area contributed by atoms with Crippen molar-refractivity contribution in [3.8, 4) is 22.3 Å². The SMILES string of the molecule is Cc1cc(-c2cnc(C)nc2)cc(-c2cnc(C)nc2)c1. The summed E-state index contributed by atoms with van der Waals surface area (Å²) in [7, 11) is 0. The summed E-state index contributed by atoms with van der Waals surface area (Å²) in [5, 5.41) is 0. The number of hydrogen-bond donors (Lipinski definition) is 0. The van der Waals surface area contributed by atoms with Crippen LogP contribution in [0.2, 0.25) is 0 Å². The van der Waals surface area contributed by atoms with Crippen LogP contribution in [-0.2, 0) is 0 Å². The predicted molar refractivity (Wildman–Crippen MR) is 82.7 cm³/mol. The minimum absolute atomic E-state index is 0.776. The van der Waals surface area contributed by atoms with Crippen LogP contribution in [0.25, 0.3) is 22.3 Å². The molecule has 1 aromatic carbocycles. The summed E-state index contributed by atoms with van der Waals surface area (Å²) in [5.74, 6) is 1.55. The second-order valence-electron chi connectivity index (χ2n) is 5.13. The fourth-order valence-electron chi connectivity index (χ4n) is 2.20. The van der Waals surface area contributed by atoms with E-state index >= 15 is 0 Å². The van der Waals surface area contributed by atoms with E-state index in [0.29, 0.717) is 0 Å². The average molecular weight is 276 g/mol. The van der Waals surface area contributed by atoms with E-state index in [1.165, 1.54) is 5.56 Å². The van der Waals surface area contributed by atoms with Gasteiger partial charge in [-0.15, -0.1) is 0 Å². The first-order valence-corrected chi connectivity index (χ1v) is 6.81. The standard InChI is InChI=1S/C17H16N4/c1-11-4-14(16-7-18-12(2)19-8-16)6-15(5-11)17-9-20-13(3)21-10-17/h4-10H,1-3H3. The minimum Gasteiger partial charge on any atom is -0.241 e. The molecule has 0 fully saturated rings. The number of aromatic nitrogens is 4. The Bertz CT molecular complexity index is 698. The van der Waals surface area contributed by atoms with Gasteiger partial charge in [-0.05, 0) is 43.5 Å². The number of hydrogen-bond acceptors (Lipinski definition) is 4. The smallest absolute Gasteiger partial charge is 0.125 e. The van der Waals surface area contributed by atoms with Gasteiger partial charge in [-0.25, -0.2) is 19.9 Å². The molecule has 4 nitrogen and oxygen atoms in total. The molecule has 21 heavy (non-hydrogen) atoms. The van der Waals surface area contributed by atoms with Crippen molar-refractivity contribution in [2.45, 2.75) is 20.8 Å². The summed E-state index contributed by atoms with van der Waals surface area (Å²) in [4.78, 5) is 17.1. The zero-order valence-corrected chi connectivity index (χ0v) is 12.3. The summed E-state index contributed by atoms with van der Waals surface area (Å²) in [6.07, 6.45) is 7.41. The Kier molecular flexibility index (Phi) is 3.44. The molecule has 0 radical (unpaired) electrons. The van der Waals surface area contributed by atoms with Crippen molar-refractivity contribution in [2.24, 2.45) is 0 Å². The van der Waals surface area contributed by atoms with Gasteiger partial charge in [0.2, 0.25) is 0 Å². The van der Waals surface area contributed by atoms with Crippen molar-refractivity contribution in [1.82, 2.24) is 19.9 Å². The van der Waals surface area contributed by atoms with E-state index in [1.807, 2.05) is 38.6 Å². The lowest BCUT2D eigenvalue weighted by Gasteiger charge is -2.08. The first-order valence-electron chi connectivity index (χ1n) is 6.81. The minimum atomic E-state index is 0.776. The van der Waals surface area contributed by atoms with Crippen molar-refractivity contribution in [2.75, 3.05) is 0 Å². The van der Waals surface area contributed by atoms with E-state index in [0.717, 1.165) is 33.9 Å². The van der Waals surface area contributed by atoms with Gasteiger partial charge < -0.3 is 0 Å². The number of rotatable bonds is 2. The maximum absolute atomic E-state index is 4.26. The molecule has 0 N–H and O–H groups in total. The van der Waals surface area contributed by atoms with Gasteiger partial charge in [0.1, 0.15) is 11.6 Å². The lowest BCUT2D eigenvalue weighted by Crippen LogP contribution is -1.91. The van der Waals surface area contributed by atoms with Gasteiger partial charge in [-0.3, -0.25) is 0 Å². The molecule has 2 heterocycles. The molecule has 0 atom stereocenters. The first kappa shape index (κ1) is 13.4. The number of nitrogens with zero attached hydrogens (tertiary/aromatic N) is 4. The monoisotopic (exact) mass is 276 g/mol. The van der Waals surface area contributed by atoms with Crippen LogP contribution >= 0.6 is 0 Å². The Hall–Kier alpha value is -2.62. The zero-order chi connectivity index (χ0) is 14.8. The van der Waals surface area contributed by atoms with Gasteiger partial charge in [0.25, 0.3) is 0 Å². The molecular weight excluding hydrogens is 260 g/mol. The van der Waals surface area contributed by atoms with Crippen molar-refractivity contribution in [3.63, 3.8) is 0 Å². The molecule has 0 aliphatic rings. The molecule has 3 aromatic rings. The molecule has 0 saturated heterocycles. The van der Waals surface area contributed by atoms with Crippen LogP contribution in [-0.4, -0.2) is 19.9 Å². The highest BCUT2D eigenvalue weighted by Crippen LogP contribution is 2.26. The summed E-state index contributed by atoms with van der Waals surface area (Å²) in [6, 6.07) is 6.38. The quantitative estimate of drug-likeness (QED) is 0.718.